The third-order valence-corrected chi connectivity index (χ3v) is 3.85. The maximum atomic E-state index is 13.0. The minimum Gasteiger partial charge on any atom is -0.450 e. The summed E-state index contributed by atoms with van der Waals surface area (Å²) in [4.78, 5) is 25.4. The van der Waals surface area contributed by atoms with Crippen molar-refractivity contribution < 1.29 is 28.9 Å². The molecular formula is C18H17NO6. The Balaban J connectivity index is 2.01. The van der Waals surface area contributed by atoms with Crippen molar-refractivity contribution in [2.75, 3.05) is 7.11 Å². The molecule has 1 amide bonds. The number of benzene rings is 2. The van der Waals surface area contributed by atoms with E-state index < -0.39 is 24.9 Å². The molecule has 1 heterocycles. The number of amides is 1. The summed E-state index contributed by atoms with van der Waals surface area (Å²) < 4.78 is 15.6. The second-order valence-corrected chi connectivity index (χ2v) is 5.36. The van der Waals surface area contributed by atoms with Crippen molar-refractivity contribution in [2.24, 2.45) is 0 Å². The van der Waals surface area contributed by atoms with E-state index in [1.807, 2.05) is 6.07 Å². The van der Waals surface area contributed by atoms with Crippen LogP contribution in [0.25, 0.3) is 0 Å². The van der Waals surface area contributed by atoms with Gasteiger partial charge in [0.2, 0.25) is 12.7 Å². The van der Waals surface area contributed by atoms with Gasteiger partial charge in [0.25, 0.3) is 5.91 Å². The van der Waals surface area contributed by atoms with Gasteiger partial charge in [-0.15, -0.1) is 0 Å². The molecule has 0 saturated carbocycles. The van der Waals surface area contributed by atoms with Crippen LogP contribution < -0.4 is 0 Å². The van der Waals surface area contributed by atoms with Crippen molar-refractivity contribution in [3.05, 3.63) is 71.8 Å². The lowest BCUT2D eigenvalue weighted by molar-refractivity contribution is -0.201. The third-order valence-electron chi connectivity index (χ3n) is 3.85. The zero-order chi connectivity index (χ0) is 17.8. The molecule has 0 aliphatic carbocycles. The second kappa shape index (κ2) is 7.33. The van der Waals surface area contributed by atoms with Crippen LogP contribution in [-0.2, 0) is 14.2 Å². The van der Waals surface area contributed by atoms with Gasteiger partial charge in [0, 0.05) is 12.7 Å². The lowest BCUT2D eigenvalue weighted by Crippen LogP contribution is -2.39. The molecule has 0 aromatic heterocycles. The van der Waals surface area contributed by atoms with Crippen LogP contribution >= 0.6 is 0 Å². The van der Waals surface area contributed by atoms with Crippen LogP contribution in [0.1, 0.15) is 22.0 Å². The van der Waals surface area contributed by atoms with Gasteiger partial charge in [-0.2, -0.15) is 0 Å². The van der Waals surface area contributed by atoms with Gasteiger partial charge in [0.1, 0.15) is 6.04 Å². The standard InChI is InChI=1S/C18H17NO6/c1-23-17-19(15(20)13-10-6-3-7-11-13)14(12-8-4-2-5-9-12)16(24-17)25-18(21)22/h2-11,14,16-17H,1H3,(H,21,22)/t14-,16+,17?/m0/s1. The fourth-order valence-electron chi connectivity index (χ4n) is 2.80. The van der Waals surface area contributed by atoms with E-state index in [0.29, 0.717) is 11.1 Å². The molecule has 0 bridgehead atoms. The largest absolute Gasteiger partial charge is 0.508 e. The van der Waals surface area contributed by atoms with Crippen LogP contribution in [0.4, 0.5) is 4.79 Å². The molecule has 0 spiro atoms. The summed E-state index contributed by atoms with van der Waals surface area (Å²) >= 11 is 0. The monoisotopic (exact) mass is 343 g/mol. The number of ether oxygens (including phenoxy) is 3. The Morgan fingerprint density at radius 1 is 1.04 bits per heavy atom. The Morgan fingerprint density at radius 3 is 2.20 bits per heavy atom. The maximum absolute atomic E-state index is 13.0. The van der Waals surface area contributed by atoms with E-state index in [2.05, 4.69) is 0 Å². The van der Waals surface area contributed by atoms with Crippen molar-refractivity contribution in [3.8, 4) is 0 Å². The number of carbonyl (C=O) groups excluding carboxylic acids is 1. The number of methoxy groups -OCH3 is 1. The van der Waals surface area contributed by atoms with Gasteiger partial charge in [-0.3, -0.25) is 14.4 Å². The third kappa shape index (κ3) is 3.47. The quantitative estimate of drug-likeness (QED) is 0.859. The van der Waals surface area contributed by atoms with Crippen molar-refractivity contribution in [1.29, 1.82) is 0 Å². The van der Waals surface area contributed by atoms with E-state index >= 15 is 0 Å². The molecule has 1 unspecified atom stereocenters. The van der Waals surface area contributed by atoms with Gasteiger partial charge >= 0.3 is 6.16 Å². The average Bonchev–Trinajstić information content (AvgIpc) is 3.00. The first-order chi connectivity index (χ1) is 12.1. The van der Waals surface area contributed by atoms with Crippen LogP contribution in [0.15, 0.2) is 60.7 Å². The summed E-state index contributed by atoms with van der Waals surface area (Å²) in [7, 11) is 1.38. The van der Waals surface area contributed by atoms with E-state index in [4.69, 9.17) is 19.3 Å². The smallest absolute Gasteiger partial charge is 0.450 e. The van der Waals surface area contributed by atoms with Crippen LogP contribution in [0.5, 0.6) is 0 Å². The highest BCUT2D eigenvalue weighted by atomic mass is 16.8. The van der Waals surface area contributed by atoms with E-state index in [9.17, 15) is 9.59 Å². The number of hydrogen-bond acceptors (Lipinski definition) is 5. The first-order valence-electron chi connectivity index (χ1n) is 7.62. The number of rotatable bonds is 4. The summed E-state index contributed by atoms with van der Waals surface area (Å²) in [6.07, 6.45) is -3.76. The molecule has 0 radical (unpaired) electrons. The predicted molar refractivity (Wildman–Crippen MR) is 86.6 cm³/mol. The molecule has 3 rings (SSSR count). The summed E-state index contributed by atoms with van der Waals surface area (Å²) in [5, 5.41) is 8.99. The fraction of sp³-hybridized carbons (Fsp3) is 0.222. The zero-order valence-electron chi connectivity index (χ0n) is 13.4. The molecule has 1 fully saturated rings. The molecule has 130 valence electrons. The molecule has 2 aromatic rings. The predicted octanol–water partition coefficient (Wildman–Crippen LogP) is 2.85. The van der Waals surface area contributed by atoms with Crippen molar-refractivity contribution in [1.82, 2.24) is 4.90 Å². The Hall–Kier alpha value is -2.90. The number of carbonyl (C=O) groups is 2. The van der Waals surface area contributed by atoms with Crippen LogP contribution in [-0.4, -0.2) is 41.9 Å². The Labute approximate surface area is 144 Å². The molecule has 3 atom stereocenters. The Kier molecular flexibility index (Phi) is 4.97. The highest BCUT2D eigenvalue weighted by molar-refractivity contribution is 5.94. The highest BCUT2D eigenvalue weighted by Gasteiger charge is 2.48. The fourth-order valence-corrected chi connectivity index (χ4v) is 2.80. The minimum atomic E-state index is -1.49. The zero-order valence-corrected chi connectivity index (χ0v) is 13.4. The summed E-state index contributed by atoms with van der Waals surface area (Å²) in [6.45, 7) is 0. The lowest BCUT2D eigenvalue weighted by Gasteiger charge is -2.27. The Bertz CT molecular complexity index is 736. The van der Waals surface area contributed by atoms with Crippen molar-refractivity contribution in [2.45, 2.75) is 18.7 Å². The molecule has 1 aliphatic rings. The van der Waals surface area contributed by atoms with Gasteiger partial charge in [-0.05, 0) is 17.7 Å². The molecule has 1 N–H and O–H groups in total. The maximum Gasteiger partial charge on any atom is 0.508 e. The van der Waals surface area contributed by atoms with E-state index in [1.54, 1.807) is 54.6 Å². The summed E-state index contributed by atoms with van der Waals surface area (Å²) in [5.74, 6) is -0.349. The summed E-state index contributed by atoms with van der Waals surface area (Å²) in [6, 6.07) is 16.8. The first kappa shape index (κ1) is 16.9. The van der Waals surface area contributed by atoms with E-state index in [-0.39, 0.29) is 5.91 Å². The molecule has 1 aliphatic heterocycles. The van der Waals surface area contributed by atoms with Gasteiger partial charge in [-0.25, -0.2) is 4.79 Å². The molecule has 25 heavy (non-hydrogen) atoms. The van der Waals surface area contributed by atoms with Gasteiger partial charge in [0.05, 0.1) is 0 Å². The van der Waals surface area contributed by atoms with Crippen LogP contribution in [0.2, 0.25) is 0 Å². The van der Waals surface area contributed by atoms with Gasteiger partial charge in [0.15, 0.2) is 0 Å². The molecule has 7 nitrogen and oxygen atoms in total. The molecule has 1 saturated heterocycles. The van der Waals surface area contributed by atoms with E-state index in [1.165, 1.54) is 12.0 Å². The number of carboxylic acid groups (broad SMARTS) is 1. The number of nitrogens with zero attached hydrogens (tertiary/aromatic N) is 1. The molecule has 7 heteroatoms. The summed E-state index contributed by atoms with van der Waals surface area (Å²) in [5.41, 5.74) is 1.11. The topological polar surface area (TPSA) is 85.3 Å². The van der Waals surface area contributed by atoms with Crippen molar-refractivity contribution >= 4 is 12.1 Å². The first-order valence-corrected chi connectivity index (χ1v) is 7.62. The van der Waals surface area contributed by atoms with Crippen LogP contribution in [0, 0.1) is 0 Å². The molecular weight excluding hydrogens is 326 g/mol. The molecule has 2 aromatic carbocycles. The minimum absolute atomic E-state index is 0.349. The van der Waals surface area contributed by atoms with Gasteiger partial charge < -0.3 is 14.6 Å². The van der Waals surface area contributed by atoms with Crippen LogP contribution in [0.3, 0.4) is 0 Å². The lowest BCUT2D eigenvalue weighted by atomic mass is 10.0. The SMILES string of the molecule is COC1O[C@H](OC(=O)O)[C@H](c2ccccc2)N1C(=O)c1ccccc1. The van der Waals surface area contributed by atoms with Crippen molar-refractivity contribution in [3.63, 3.8) is 0 Å². The number of hydrogen-bond donors (Lipinski definition) is 1. The van der Waals surface area contributed by atoms with Gasteiger partial charge in [-0.1, -0.05) is 48.5 Å². The second-order valence-electron chi connectivity index (χ2n) is 5.36. The van der Waals surface area contributed by atoms with E-state index in [0.717, 1.165) is 0 Å². The average molecular weight is 343 g/mol. The highest BCUT2D eigenvalue weighted by Crippen LogP contribution is 2.37. The Morgan fingerprint density at radius 2 is 1.64 bits per heavy atom. The normalized spacial score (nSPS) is 22.6.